The molecule has 0 saturated heterocycles. The van der Waals surface area contributed by atoms with E-state index in [0.717, 1.165) is 53.3 Å². The van der Waals surface area contributed by atoms with Gasteiger partial charge in [-0.3, -0.25) is 9.36 Å². The number of rotatable bonds is 8. The number of pyridine rings is 1. The van der Waals surface area contributed by atoms with Crippen LogP contribution < -0.4 is 0 Å². The number of aromatic carboxylic acids is 1. The van der Waals surface area contributed by atoms with Crippen LogP contribution in [-0.4, -0.2) is 56.2 Å². The monoisotopic (exact) mass is 591 g/mol. The first-order chi connectivity index (χ1) is 21.4. The molecule has 1 aliphatic carbocycles. The van der Waals surface area contributed by atoms with Crippen molar-refractivity contribution >= 4 is 33.7 Å². The van der Waals surface area contributed by atoms with Gasteiger partial charge in [0.2, 0.25) is 5.91 Å². The van der Waals surface area contributed by atoms with Gasteiger partial charge in [0.25, 0.3) is 0 Å². The number of aromatic nitrogens is 2. The van der Waals surface area contributed by atoms with E-state index < -0.39 is 5.97 Å². The molecule has 44 heavy (non-hydrogen) atoms. The Kier molecular flexibility index (Phi) is 9.75. The third-order valence-corrected chi connectivity index (χ3v) is 8.70. The van der Waals surface area contributed by atoms with Gasteiger partial charge in [0, 0.05) is 23.4 Å². The number of aryl methyl sites for hydroxylation is 2. The van der Waals surface area contributed by atoms with Gasteiger partial charge in [-0.2, -0.15) is 0 Å². The molecule has 0 spiro atoms. The Labute approximate surface area is 258 Å². The summed E-state index contributed by atoms with van der Waals surface area (Å²) < 4.78 is 1.65. The molecule has 3 aromatic carbocycles. The zero-order chi connectivity index (χ0) is 31.2. The van der Waals surface area contributed by atoms with Crippen molar-refractivity contribution in [3.05, 3.63) is 106 Å². The average molecular weight is 592 g/mol. The van der Waals surface area contributed by atoms with Gasteiger partial charge in [0.05, 0.1) is 23.1 Å². The van der Waals surface area contributed by atoms with E-state index >= 15 is 0 Å². The minimum atomic E-state index is -1.18. The van der Waals surface area contributed by atoms with Crippen LogP contribution in [0.5, 0.6) is 5.75 Å². The number of para-hydroxylation sites is 1. The van der Waals surface area contributed by atoms with E-state index in [1.165, 1.54) is 25.2 Å². The number of aromatic hydroxyl groups is 1. The summed E-state index contributed by atoms with van der Waals surface area (Å²) in [6, 6.07) is 21.0. The molecule has 5 aromatic rings. The molecule has 2 heterocycles. The van der Waals surface area contributed by atoms with Crippen LogP contribution in [0.3, 0.4) is 0 Å². The number of carboxylic acids is 1. The summed E-state index contributed by atoms with van der Waals surface area (Å²) in [5.74, 6) is -1.56. The number of benzene rings is 3. The highest BCUT2D eigenvalue weighted by atomic mass is 16.4. The highest BCUT2D eigenvalue weighted by molar-refractivity contribution is 6.06. The topological polar surface area (TPSA) is 95.7 Å². The summed E-state index contributed by atoms with van der Waals surface area (Å²) in [5.41, 5.74) is 5.63. The van der Waals surface area contributed by atoms with Crippen LogP contribution in [0.15, 0.2) is 72.9 Å². The Balaban J connectivity index is 0.000000493. The lowest BCUT2D eigenvalue weighted by Gasteiger charge is -2.19. The Morgan fingerprint density at radius 2 is 1.55 bits per heavy atom. The van der Waals surface area contributed by atoms with Crippen molar-refractivity contribution in [2.75, 3.05) is 19.6 Å². The van der Waals surface area contributed by atoms with Gasteiger partial charge in [-0.05, 0) is 73.6 Å². The number of carboxylic acid groups (broad SMARTS) is 1. The molecular formula is C37H41N3O4. The van der Waals surface area contributed by atoms with Gasteiger partial charge < -0.3 is 15.1 Å². The van der Waals surface area contributed by atoms with Crippen molar-refractivity contribution in [3.63, 3.8) is 0 Å². The lowest BCUT2D eigenvalue weighted by atomic mass is 9.88. The smallest absolute Gasteiger partial charge is 0.340 e. The molecule has 2 aromatic heterocycles. The Hall–Kier alpha value is -4.49. The Morgan fingerprint density at radius 3 is 2.23 bits per heavy atom. The van der Waals surface area contributed by atoms with E-state index in [0.29, 0.717) is 16.6 Å². The zero-order valence-corrected chi connectivity index (χ0v) is 25.8. The summed E-state index contributed by atoms with van der Waals surface area (Å²) in [5, 5.41) is 22.4. The van der Waals surface area contributed by atoms with Crippen molar-refractivity contribution in [3.8, 4) is 5.75 Å². The molecule has 228 valence electrons. The second-order valence-electron chi connectivity index (χ2n) is 11.3. The minimum absolute atomic E-state index is 0.0652. The van der Waals surface area contributed by atoms with Gasteiger partial charge in [0.1, 0.15) is 5.56 Å². The van der Waals surface area contributed by atoms with E-state index in [-0.39, 0.29) is 30.1 Å². The van der Waals surface area contributed by atoms with Crippen LogP contribution in [0, 0.1) is 0 Å². The maximum Gasteiger partial charge on any atom is 0.340 e. The molecule has 0 aliphatic heterocycles. The first-order valence-corrected chi connectivity index (χ1v) is 15.6. The van der Waals surface area contributed by atoms with E-state index in [1.807, 2.05) is 60.7 Å². The maximum atomic E-state index is 13.3. The lowest BCUT2D eigenvalue weighted by molar-refractivity contribution is 0.0695. The molecule has 7 heteroatoms. The summed E-state index contributed by atoms with van der Waals surface area (Å²) in [6.07, 6.45) is 6.18. The molecule has 0 amide bonds. The molecule has 0 atom stereocenters. The van der Waals surface area contributed by atoms with E-state index in [1.54, 1.807) is 16.8 Å². The lowest BCUT2D eigenvalue weighted by Crippen LogP contribution is -2.21. The van der Waals surface area contributed by atoms with Crippen molar-refractivity contribution in [1.82, 2.24) is 14.5 Å². The normalized spacial score (nSPS) is 12.6. The number of carbonyl (C=O) groups is 2. The zero-order valence-electron chi connectivity index (χ0n) is 25.8. The van der Waals surface area contributed by atoms with Gasteiger partial charge in [0.15, 0.2) is 5.75 Å². The highest BCUT2D eigenvalue weighted by Gasteiger charge is 2.25. The van der Waals surface area contributed by atoms with Crippen LogP contribution in [-0.2, 0) is 25.7 Å². The summed E-state index contributed by atoms with van der Waals surface area (Å²) in [4.78, 5) is 32.7. The molecule has 0 radical (unpaired) electrons. The quantitative estimate of drug-likeness (QED) is 0.197. The summed E-state index contributed by atoms with van der Waals surface area (Å²) in [7, 11) is 0. The first kappa shape index (κ1) is 31.0. The van der Waals surface area contributed by atoms with Crippen LogP contribution in [0.1, 0.15) is 76.7 Å². The van der Waals surface area contributed by atoms with Gasteiger partial charge in [-0.1, -0.05) is 81.4 Å². The fourth-order valence-electron chi connectivity index (χ4n) is 6.24. The molecule has 2 N–H and O–H groups in total. The fraction of sp³-hybridized carbons (Fsp3) is 0.324. The van der Waals surface area contributed by atoms with E-state index in [4.69, 9.17) is 4.98 Å². The summed E-state index contributed by atoms with van der Waals surface area (Å²) in [6.45, 7) is 10.1. The molecule has 6 rings (SSSR count). The van der Waals surface area contributed by atoms with Crippen LogP contribution >= 0.6 is 0 Å². The summed E-state index contributed by atoms with van der Waals surface area (Å²) >= 11 is 0. The first-order valence-electron chi connectivity index (χ1n) is 15.6. The minimum Gasteiger partial charge on any atom is -0.505 e. The fourth-order valence-corrected chi connectivity index (χ4v) is 6.24. The number of carbonyl (C=O) groups excluding carboxylic acids is 1. The second-order valence-corrected chi connectivity index (χ2v) is 11.3. The third kappa shape index (κ3) is 6.38. The average Bonchev–Trinajstić information content (AvgIpc) is 3.41. The molecule has 0 bridgehead atoms. The van der Waals surface area contributed by atoms with Crippen LogP contribution in [0.2, 0.25) is 0 Å². The molecule has 0 fully saturated rings. The molecular weight excluding hydrogens is 550 g/mol. The van der Waals surface area contributed by atoms with Crippen LogP contribution in [0.25, 0.3) is 21.8 Å². The molecule has 0 unspecified atom stereocenters. The Bertz CT molecular complexity index is 1780. The largest absolute Gasteiger partial charge is 0.505 e. The molecule has 0 saturated carbocycles. The number of nitrogens with zero attached hydrogens (tertiary/aromatic N) is 3. The standard InChI is InChI=1S/C31H26N2O4.C6H15N/c34-27(16-19-8-2-1-3-9-19)33-18-21(22-11-6-7-13-26(22)33)17-25-30(35)28(31(36)37)24-15-14-20-10-4-5-12-23(20)29(24)32-25;1-4-7(5-2)6-3/h1-3,6-9,11,13-15,18,35H,4-5,10,12,16-17H2,(H,36,37);4-6H2,1-3H3. The van der Waals surface area contributed by atoms with Crippen LogP contribution in [0.4, 0.5) is 0 Å². The van der Waals surface area contributed by atoms with Gasteiger partial charge in [-0.15, -0.1) is 0 Å². The predicted molar refractivity (Wildman–Crippen MR) is 176 cm³/mol. The van der Waals surface area contributed by atoms with E-state index in [2.05, 4.69) is 25.7 Å². The maximum absolute atomic E-state index is 13.3. The second kappa shape index (κ2) is 13.9. The molecule has 1 aliphatic rings. The highest BCUT2D eigenvalue weighted by Crippen LogP contribution is 2.36. The van der Waals surface area contributed by atoms with Gasteiger partial charge in [-0.25, -0.2) is 9.78 Å². The van der Waals surface area contributed by atoms with Crippen molar-refractivity contribution in [1.29, 1.82) is 0 Å². The Morgan fingerprint density at radius 1 is 0.864 bits per heavy atom. The number of hydrogen-bond acceptors (Lipinski definition) is 5. The third-order valence-electron chi connectivity index (χ3n) is 8.70. The number of hydrogen-bond donors (Lipinski definition) is 2. The molecule has 7 nitrogen and oxygen atoms in total. The van der Waals surface area contributed by atoms with Crippen molar-refractivity contribution in [2.24, 2.45) is 0 Å². The van der Waals surface area contributed by atoms with Crippen molar-refractivity contribution in [2.45, 2.75) is 59.3 Å². The number of fused-ring (bicyclic) bond motifs is 4. The van der Waals surface area contributed by atoms with E-state index in [9.17, 15) is 19.8 Å². The van der Waals surface area contributed by atoms with Gasteiger partial charge >= 0.3 is 5.97 Å². The predicted octanol–water partition coefficient (Wildman–Crippen LogP) is 7.29. The van der Waals surface area contributed by atoms with Crippen molar-refractivity contribution < 1.29 is 19.8 Å². The SMILES string of the molecule is CCN(CC)CC.O=C(O)c1c(O)c(Cc2cn(C(=O)Cc3ccccc3)c3ccccc23)nc2c3c(ccc12)CCCC3.